The Hall–Kier alpha value is -3.76. The lowest BCUT2D eigenvalue weighted by atomic mass is 9.55. The van der Waals surface area contributed by atoms with Crippen LogP contribution in [0.5, 0.6) is 11.5 Å². The van der Waals surface area contributed by atoms with Crippen LogP contribution < -0.4 is 19.3 Å². The van der Waals surface area contributed by atoms with Crippen LogP contribution in [-0.4, -0.2) is 73.1 Å². The second kappa shape index (κ2) is 14.5. The monoisotopic (exact) mass is 798 g/mol. The van der Waals surface area contributed by atoms with Gasteiger partial charge in [0.25, 0.3) is 11.8 Å². The van der Waals surface area contributed by atoms with Crippen molar-refractivity contribution in [3.63, 3.8) is 0 Å². The van der Waals surface area contributed by atoms with E-state index in [0.717, 1.165) is 72.5 Å². The van der Waals surface area contributed by atoms with E-state index in [0.29, 0.717) is 25.9 Å². The van der Waals surface area contributed by atoms with Crippen LogP contribution in [-0.2, 0) is 39.5 Å². The second-order valence-corrected chi connectivity index (χ2v) is 21.0. The van der Waals surface area contributed by atoms with Gasteiger partial charge >= 0.3 is 0 Å². The molecule has 2 spiro atoms. The first kappa shape index (κ1) is 42.4. The van der Waals surface area contributed by atoms with Crippen molar-refractivity contribution in [1.82, 2.24) is 0 Å². The van der Waals surface area contributed by atoms with Gasteiger partial charge in [0, 0.05) is 37.3 Å². The van der Waals surface area contributed by atoms with Crippen LogP contribution in [0.2, 0.25) is 0 Å². The molecule has 0 aromatic heterocycles. The first-order chi connectivity index (χ1) is 27.0. The fraction of sp³-hybridized carbons (Fsp3) is 0.667. The molecule has 10 nitrogen and oxygen atoms in total. The van der Waals surface area contributed by atoms with E-state index in [4.69, 9.17) is 18.9 Å². The predicted octanol–water partition coefficient (Wildman–Crippen LogP) is 8.52. The lowest BCUT2D eigenvalue weighted by Crippen LogP contribution is -2.72. The van der Waals surface area contributed by atoms with E-state index in [-0.39, 0.29) is 57.9 Å². The Labute approximate surface area is 345 Å². The number of Topliss-reactive ketones (excluding diaryl/α,β-unsaturated/α-hetero) is 2. The number of benzene rings is 2. The Bertz CT molecular complexity index is 1850. The molecule has 0 bridgehead atoms. The number of hydrogen-bond acceptors (Lipinski definition) is 8. The zero-order valence-electron chi connectivity index (χ0n) is 37.0. The van der Waals surface area contributed by atoms with Crippen molar-refractivity contribution >= 4 is 34.8 Å². The van der Waals surface area contributed by atoms with Gasteiger partial charge in [-0.1, -0.05) is 41.5 Å². The Kier molecular flexibility index (Phi) is 10.6. The van der Waals surface area contributed by atoms with Crippen LogP contribution in [0.15, 0.2) is 36.4 Å². The van der Waals surface area contributed by atoms with E-state index in [9.17, 15) is 19.2 Å². The minimum absolute atomic E-state index is 0.0342. The molecule has 2 aromatic carbocycles. The number of ether oxygens (including phenoxy) is 4. The highest BCUT2D eigenvalue weighted by Crippen LogP contribution is 2.59. The zero-order chi connectivity index (χ0) is 42.4. The lowest BCUT2D eigenvalue weighted by Gasteiger charge is -2.59. The molecule has 4 heterocycles. The summed E-state index contributed by atoms with van der Waals surface area (Å²) in [4.78, 5) is 57.6. The topological polar surface area (TPSA) is 112 Å². The Morgan fingerprint density at radius 1 is 0.603 bits per heavy atom. The third-order valence-corrected chi connectivity index (χ3v) is 13.8. The number of ketones is 2. The van der Waals surface area contributed by atoms with Gasteiger partial charge in [-0.05, 0) is 136 Å². The van der Waals surface area contributed by atoms with Crippen LogP contribution in [0.3, 0.4) is 0 Å². The minimum Gasteiger partial charge on any atom is -0.497 e. The van der Waals surface area contributed by atoms with Gasteiger partial charge in [0.1, 0.15) is 23.1 Å². The van der Waals surface area contributed by atoms with Gasteiger partial charge in [-0.2, -0.15) is 0 Å². The normalized spacial score (nSPS) is 31.4. The van der Waals surface area contributed by atoms with Gasteiger partial charge in [-0.3, -0.25) is 19.2 Å². The number of rotatable bonds is 4. The molecule has 6 aliphatic rings. The number of hydrogen-bond donors (Lipinski definition) is 0. The molecule has 6 atom stereocenters. The van der Waals surface area contributed by atoms with Crippen molar-refractivity contribution in [2.24, 2.45) is 23.7 Å². The molecule has 2 saturated carbocycles. The van der Waals surface area contributed by atoms with Gasteiger partial charge < -0.3 is 28.7 Å². The van der Waals surface area contributed by atoms with Crippen LogP contribution in [0.25, 0.3) is 0 Å². The van der Waals surface area contributed by atoms with Gasteiger partial charge in [0.05, 0.1) is 37.3 Å². The fourth-order valence-corrected chi connectivity index (χ4v) is 11.1. The Balaban J connectivity index is 0.000000177. The number of carbonyl (C=O) groups is 4. The molecule has 4 aliphatic heterocycles. The SMILES string of the molecule is COc1ccc(N2CCC[C@@H]3C[C@@H]4C(=O)CC(C)(C)O[C@]34C2=O)c(C(C)(C)C)c1.COc1ccc(N2CCC[C@H]3C[C@H]4C(=O)CC(C)(C)O[C@@]34C2=O)c(C(C)(C)C)c1. The van der Waals surface area contributed by atoms with Gasteiger partial charge in [0.2, 0.25) is 0 Å². The van der Waals surface area contributed by atoms with Crippen molar-refractivity contribution < 1.29 is 38.1 Å². The highest BCUT2D eigenvalue weighted by atomic mass is 16.5. The van der Waals surface area contributed by atoms with E-state index >= 15 is 0 Å². The molecule has 316 valence electrons. The molecule has 4 saturated heterocycles. The van der Waals surface area contributed by atoms with E-state index in [1.54, 1.807) is 14.2 Å². The van der Waals surface area contributed by atoms with Crippen LogP contribution >= 0.6 is 0 Å². The first-order valence-corrected chi connectivity index (χ1v) is 21.5. The summed E-state index contributed by atoms with van der Waals surface area (Å²) in [5.41, 5.74) is 0.426. The number of nitrogens with zero attached hydrogens (tertiary/aromatic N) is 2. The summed E-state index contributed by atoms with van der Waals surface area (Å²) in [5.74, 6) is 1.51. The Morgan fingerprint density at radius 2 is 0.966 bits per heavy atom. The average Bonchev–Trinajstić information content (AvgIpc) is 3.26. The molecule has 2 aliphatic carbocycles. The second-order valence-electron chi connectivity index (χ2n) is 21.0. The molecular weight excluding hydrogens is 733 g/mol. The van der Waals surface area contributed by atoms with Crippen molar-refractivity contribution in [2.45, 2.75) is 154 Å². The Morgan fingerprint density at radius 3 is 1.29 bits per heavy atom. The third-order valence-electron chi connectivity index (χ3n) is 13.8. The average molecular weight is 799 g/mol. The van der Waals surface area contributed by atoms with Gasteiger partial charge in [-0.15, -0.1) is 0 Å². The maximum Gasteiger partial charge on any atom is 0.260 e. The van der Waals surface area contributed by atoms with Crippen molar-refractivity contribution in [2.75, 3.05) is 37.1 Å². The van der Waals surface area contributed by atoms with E-state index in [1.807, 2.05) is 73.9 Å². The minimum atomic E-state index is -0.996. The molecule has 2 amide bonds. The van der Waals surface area contributed by atoms with Crippen LogP contribution in [0, 0.1) is 23.7 Å². The largest absolute Gasteiger partial charge is 0.497 e. The summed E-state index contributed by atoms with van der Waals surface area (Å²) in [6.45, 7) is 21.9. The van der Waals surface area contributed by atoms with Gasteiger partial charge in [-0.25, -0.2) is 0 Å². The van der Waals surface area contributed by atoms with E-state index < -0.39 is 22.4 Å². The zero-order valence-corrected chi connectivity index (χ0v) is 37.0. The van der Waals surface area contributed by atoms with E-state index in [1.165, 1.54) is 0 Å². The van der Waals surface area contributed by atoms with Crippen molar-refractivity contribution in [3.8, 4) is 11.5 Å². The molecule has 8 rings (SSSR count). The van der Waals surface area contributed by atoms with Crippen molar-refractivity contribution in [1.29, 1.82) is 0 Å². The molecule has 0 radical (unpaired) electrons. The molecule has 6 fully saturated rings. The summed E-state index contributed by atoms with van der Waals surface area (Å²) in [6.07, 6.45) is 6.00. The highest BCUT2D eigenvalue weighted by Gasteiger charge is 2.70. The highest BCUT2D eigenvalue weighted by molar-refractivity contribution is 6.07. The lowest BCUT2D eigenvalue weighted by molar-refractivity contribution is -0.251. The fourth-order valence-electron chi connectivity index (χ4n) is 11.1. The summed E-state index contributed by atoms with van der Waals surface area (Å²) in [6, 6.07) is 11.8. The molecule has 58 heavy (non-hydrogen) atoms. The number of amides is 2. The summed E-state index contributed by atoms with van der Waals surface area (Å²) in [7, 11) is 3.31. The van der Waals surface area contributed by atoms with Crippen LogP contribution in [0.1, 0.15) is 132 Å². The number of methoxy groups -OCH3 is 2. The molecule has 2 aromatic rings. The smallest absolute Gasteiger partial charge is 0.260 e. The standard InChI is InChI=1S/2C24H33NO4/c2*1-22(2,3)17-13-16(28-6)9-10-19(17)25-11-7-8-15-12-18-20(26)14-23(4,5)29-24(15,18)21(25)27/h2*9-10,13,15,18H,7-8,11-12,14H2,1-6H3/t2*15-,18-,24-/m10/s1. The quantitative estimate of drug-likeness (QED) is 0.303. The van der Waals surface area contributed by atoms with Gasteiger partial charge in [0.15, 0.2) is 11.2 Å². The maximum absolute atomic E-state index is 14.0. The third kappa shape index (κ3) is 6.97. The van der Waals surface area contributed by atoms with Crippen molar-refractivity contribution in [3.05, 3.63) is 47.5 Å². The molecule has 0 unspecified atom stereocenters. The first-order valence-electron chi connectivity index (χ1n) is 21.5. The maximum atomic E-state index is 14.0. The summed E-state index contributed by atoms with van der Waals surface area (Å²) in [5, 5.41) is 0. The molecule has 0 N–H and O–H groups in total. The summed E-state index contributed by atoms with van der Waals surface area (Å²) >= 11 is 0. The molecular formula is C48H66N2O8. The van der Waals surface area contributed by atoms with E-state index in [2.05, 4.69) is 41.5 Å². The number of anilines is 2. The predicted molar refractivity (Wildman–Crippen MR) is 225 cm³/mol. The number of carbonyl (C=O) groups excluding carboxylic acids is 4. The molecule has 10 heteroatoms. The van der Waals surface area contributed by atoms with Crippen LogP contribution in [0.4, 0.5) is 11.4 Å². The summed E-state index contributed by atoms with van der Waals surface area (Å²) < 4.78 is 23.9.